The van der Waals surface area contributed by atoms with E-state index < -0.39 is 20.6 Å². The monoisotopic (exact) mass is 668 g/mol. The summed E-state index contributed by atoms with van der Waals surface area (Å²) in [7, 11) is -4.78. The molecule has 3 unspecified atom stereocenters. The van der Waals surface area contributed by atoms with Crippen LogP contribution in [-0.2, 0) is 14.5 Å². The highest BCUT2D eigenvalue weighted by molar-refractivity contribution is 8.42. The van der Waals surface area contributed by atoms with Crippen molar-refractivity contribution >= 4 is 32.0 Å². The third-order valence-electron chi connectivity index (χ3n) is 10.6. The van der Waals surface area contributed by atoms with Gasteiger partial charge in [0.1, 0.15) is 0 Å². The Morgan fingerprint density at radius 1 is 0.438 bits per heavy atom. The number of anilines is 2. The molecule has 0 fully saturated rings. The maximum absolute atomic E-state index is 8.34. The molecule has 0 amide bonds. The molecule has 3 atom stereocenters. The second-order valence-electron chi connectivity index (χ2n) is 13.3. The topological polar surface area (TPSA) is 61.3 Å². The zero-order chi connectivity index (χ0) is 33.6. The first-order valence-corrected chi connectivity index (χ1v) is 19.7. The lowest BCUT2D eigenvalue weighted by Gasteiger charge is -2.51. The molecule has 5 heteroatoms. The van der Waals surface area contributed by atoms with Crippen LogP contribution in [0.25, 0.3) is 0 Å². The molecular formula is C43H44N2OS2. The molecule has 6 aromatic carbocycles. The van der Waals surface area contributed by atoms with Crippen molar-refractivity contribution in [1.82, 2.24) is 0 Å². The predicted octanol–water partition coefficient (Wildman–Crippen LogP) is 11.9. The number of rotatable bonds is 5. The normalized spacial score (nSPS) is 25.8. The molecule has 4 N–H and O–H groups in total. The maximum atomic E-state index is 8.34. The van der Waals surface area contributed by atoms with Gasteiger partial charge in [0.2, 0.25) is 0 Å². The average molecular weight is 669 g/mol. The summed E-state index contributed by atoms with van der Waals surface area (Å²) >= 11 is 0. The van der Waals surface area contributed by atoms with Crippen LogP contribution in [0.3, 0.4) is 0 Å². The van der Waals surface area contributed by atoms with Crippen LogP contribution in [0, 0.1) is 0 Å². The van der Waals surface area contributed by atoms with Gasteiger partial charge >= 0.3 is 0 Å². The lowest BCUT2D eigenvalue weighted by molar-refractivity contribution is 0.266. The minimum atomic E-state index is -2.39. The molecular weight excluding hydrogens is 625 g/mol. The van der Waals surface area contributed by atoms with Crippen molar-refractivity contribution in [3.05, 3.63) is 169 Å². The molecule has 0 saturated heterocycles. The van der Waals surface area contributed by atoms with Gasteiger partial charge in [0, 0.05) is 46.2 Å². The van der Waals surface area contributed by atoms with Gasteiger partial charge in [-0.15, -0.1) is 0 Å². The Bertz CT molecular complexity index is 2010. The van der Waals surface area contributed by atoms with Crippen LogP contribution in [0.5, 0.6) is 0 Å². The van der Waals surface area contributed by atoms with Crippen molar-refractivity contribution in [3.63, 3.8) is 0 Å². The Hall–Kier alpha value is -4.42. The second kappa shape index (κ2) is 12.2. The number of benzene rings is 6. The molecule has 6 aromatic rings. The van der Waals surface area contributed by atoms with Gasteiger partial charge in [0.05, 0.1) is 0 Å². The van der Waals surface area contributed by atoms with Gasteiger partial charge in [-0.2, -0.15) is 0 Å². The largest absolute Gasteiger partial charge is 0.399 e. The third kappa shape index (κ3) is 4.95. The summed E-state index contributed by atoms with van der Waals surface area (Å²) in [5, 5.41) is 0. The van der Waals surface area contributed by atoms with Crippen LogP contribution in [0.1, 0.15) is 45.2 Å². The summed E-state index contributed by atoms with van der Waals surface area (Å²) in [5.41, 5.74) is 16.5. The van der Waals surface area contributed by atoms with Crippen LogP contribution in [0.4, 0.5) is 11.4 Å². The molecule has 0 aromatic heterocycles. The molecule has 4 heterocycles. The zero-order valence-electron chi connectivity index (χ0n) is 28.1. The van der Waals surface area contributed by atoms with Gasteiger partial charge < -0.3 is 11.5 Å². The van der Waals surface area contributed by atoms with Crippen molar-refractivity contribution < 1.29 is 3.63 Å². The molecule has 244 valence electrons. The van der Waals surface area contributed by atoms with Crippen LogP contribution < -0.4 is 11.5 Å². The van der Waals surface area contributed by atoms with E-state index in [9.17, 15) is 0 Å². The van der Waals surface area contributed by atoms with E-state index in [0.29, 0.717) is 0 Å². The fraction of sp³-hybridized carbons (Fsp3) is 0.163. The van der Waals surface area contributed by atoms with Crippen LogP contribution in [-0.4, -0.2) is 0 Å². The van der Waals surface area contributed by atoms with E-state index >= 15 is 0 Å². The molecule has 10 rings (SSSR count). The first kappa shape index (κ1) is 32.1. The van der Waals surface area contributed by atoms with E-state index in [1.54, 1.807) is 0 Å². The molecule has 4 bridgehead atoms. The first-order chi connectivity index (χ1) is 23.1. The molecule has 4 aliphatic rings. The summed E-state index contributed by atoms with van der Waals surface area (Å²) in [6.45, 7) is 9.50. The lowest BCUT2D eigenvalue weighted by Crippen LogP contribution is -2.42. The fourth-order valence-electron chi connectivity index (χ4n) is 7.15. The number of nitrogen functional groups attached to an aromatic ring is 2. The van der Waals surface area contributed by atoms with Crippen LogP contribution >= 0.6 is 20.6 Å². The highest BCUT2D eigenvalue weighted by Crippen LogP contribution is 2.83. The van der Waals surface area contributed by atoms with Gasteiger partial charge in [-0.3, -0.25) is 3.63 Å². The van der Waals surface area contributed by atoms with E-state index in [1.165, 1.54) is 11.1 Å². The number of hydrogen-bond donors (Lipinski definition) is 2. The van der Waals surface area contributed by atoms with Gasteiger partial charge in [-0.05, 0) is 141 Å². The molecule has 4 aliphatic heterocycles. The SMILES string of the molecule is CCC1(C)c2ccc(cc2)S(c2ccccc2)(c2ccc(N)cc2)OS(c2ccccc2)(c2ccc(N)cc2)c2ccc(cc2)C1(C)C. The lowest BCUT2D eigenvalue weighted by atomic mass is 9.58. The highest BCUT2D eigenvalue weighted by atomic mass is 32.3. The van der Waals surface area contributed by atoms with Gasteiger partial charge in [-0.25, -0.2) is 0 Å². The Labute approximate surface area is 289 Å². The molecule has 3 nitrogen and oxygen atoms in total. The van der Waals surface area contributed by atoms with Crippen LogP contribution in [0.15, 0.2) is 187 Å². The Morgan fingerprint density at radius 3 is 1.10 bits per heavy atom. The standard InChI is InChI=1S/C43H44N2OS2/c1-5-43(4)33-18-26-39(27-19-33)48(37-14-10-7-11-15-37,41-30-22-35(45)23-31-41)46-47(36-12-8-6-9-13-36,40-28-20-34(44)21-29-40)38-24-16-32(17-25-38)42(43,2)3/h6-31H,5,44-45H2,1-4H3. The smallest absolute Gasteiger partial charge is 0.0314 e. The van der Waals surface area contributed by atoms with Crippen molar-refractivity contribution in [2.75, 3.05) is 11.5 Å². The summed E-state index contributed by atoms with van der Waals surface area (Å²) < 4.78 is 8.34. The highest BCUT2D eigenvalue weighted by Gasteiger charge is 2.46. The van der Waals surface area contributed by atoms with Crippen molar-refractivity contribution in [3.8, 4) is 0 Å². The molecule has 48 heavy (non-hydrogen) atoms. The van der Waals surface area contributed by atoms with E-state index in [1.807, 2.05) is 24.3 Å². The molecule has 0 saturated carbocycles. The van der Waals surface area contributed by atoms with E-state index in [0.717, 1.165) is 47.2 Å². The van der Waals surface area contributed by atoms with Gasteiger partial charge in [-0.1, -0.05) is 88.4 Å². The average Bonchev–Trinajstić information content (AvgIpc) is 3.14. The number of nitrogens with two attached hydrogens (primary N) is 2. The van der Waals surface area contributed by atoms with Gasteiger partial charge in [0.15, 0.2) is 0 Å². The van der Waals surface area contributed by atoms with Crippen molar-refractivity contribution in [2.24, 2.45) is 0 Å². The van der Waals surface area contributed by atoms with Gasteiger partial charge in [0.25, 0.3) is 0 Å². The minimum absolute atomic E-state index is 0.117. The minimum Gasteiger partial charge on any atom is -0.399 e. The Balaban J connectivity index is 1.69. The van der Waals surface area contributed by atoms with Crippen LogP contribution in [0.2, 0.25) is 0 Å². The predicted molar refractivity (Wildman–Crippen MR) is 204 cm³/mol. The van der Waals surface area contributed by atoms with E-state index in [2.05, 4.69) is 161 Å². The fourth-order valence-corrected chi connectivity index (χ4v) is 15.1. The summed E-state index contributed by atoms with van der Waals surface area (Å²) in [6.07, 6.45) is 0.997. The Kier molecular flexibility index (Phi) is 8.19. The second-order valence-corrected chi connectivity index (χ2v) is 18.9. The quantitative estimate of drug-likeness (QED) is 0.180. The molecule has 0 radical (unpaired) electrons. The molecule has 0 spiro atoms. The molecule has 0 aliphatic carbocycles. The zero-order valence-corrected chi connectivity index (χ0v) is 29.7. The first-order valence-electron chi connectivity index (χ1n) is 16.6. The van der Waals surface area contributed by atoms with Crippen molar-refractivity contribution in [1.29, 1.82) is 0 Å². The maximum Gasteiger partial charge on any atom is 0.0314 e. The Morgan fingerprint density at radius 2 is 0.750 bits per heavy atom. The number of hydrogen-bond acceptors (Lipinski definition) is 3. The van der Waals surface area contributed by atoms with E-state index in [4.69, 9.17) is 15.1 Å². The summed E-state index contributed by atoms with van der Waals surface area (Å²) in [6, 6.07) is 56.8. The van der Waals surface area contributed by atoms with Crippen molar-refractivity contribution in [2.45, 2.75) is 74.3 Å². The third-order valence-corrected chi connectivity index (χ3v) is 17.8. The van der Waals surface area contributed by atoms with E-state index in [-0.39, 0.29) is 10.8 Å². The summed E-state index contributed by atoms with van der Waals surface area (Å²) in [5.74, 6) is 0. The summed E-state index contributed by atoms with van der Waals surface area (Å²) in [4.78, 5) is 6.68.